The molecular formula is C13H18O. The minimum atomic E-state index is 0.151. The van der Waals surface area contributed by atoms with Gasteiger partial charge in [-0.1, -0.05) is 43.7 Å². The van der Waals surface area contributed by atoms with Gasteiger partial charge in [0.1, 0.15) is 6.29 Å². The van der Waals surface area contributed by atoms with E-state index in [4.69, 9.17) is 0 Å². The average molecular weight is 190 g/mol. The van der Waals surface area contributed by atoms with Gasteiger partial charge in [-0.2, -0.15) is 0 Å². The van der Waals surface area contributed by atoms with Crippen LogP contribution in [0.4, 0.5) is 0 Å². The third kappa shape index (κ3) is 2.99. The molecular weight excluding hydrogens is 172 g/mol. The van der Waals surface area contributed by atoms with Crippen molar-refractivity contribution in [2.75, 3.05) is 0 Å². The highest BCUT2D eigenvalue weighted by molar-refractivity contribution is 5.54. The van der Waals surface area contributed by atoms with E-state index in [9.17, 15) is 4.79 Å². The second-order valence-electron chi connectivity index (χ2n) is 4.23. The summed E-state index contributed by atoms with van der Waals surface area (Å²) in [5, 5.41) is 0. The first kappa shape index (κ1) is 11.0. The average Bonchev–Trinajstić information content (AvgIpc) is 2.16. The van der Waals surface area contributed by atoms with Crippen molar-refractivity contribution < 1.29 is 4.79 Å². The van der Waals surface area contributed by atoms with Gasteiger partial charge in [0.25, 0.3) is 0 Å². The van der Waals surface area contributed by atoms with E-state index in [2.05, 4.69) is 45.0 Å². The molecule has 14 heavy (non-hydrogen) atoms. The number of carbonyl (C=O) groups excluding carboxylic acids is 1. The Bertz CT molecular complexity index is 285. The molecule has 0 amide bonds. The first-order valence-corrected chi connectivity index (χ1v) is 5.14. The summed E-state index contributed by atoms with van der Waals surface area (Å²) in [7, 11) is 0. The van der Waals surface area contributed by atoms with Gasteiger partial charge in [-0.3, -0.25) is 0 Å². The second-order valence-corrected chi connectivity index (χ2v) is 4.23. The van der Waals surface area contributed by atoms with E-state index >= 15 is 0 Å². The van der Waals surface area contributed by atoms with Crippen LogP contribution in [0.25, 0.3) is 0 Å². The third-order valence-corrected chi connectivity index (χ3v) is 2.62. The molecule has 0 saturated heterocycles. The lowest BCUT2D eigenvalue weighted by atomic mass is 9.90. The Hall–Kier alpha value is -1.11. The molecule has 0 aliphatic carbocycles. The Morgan fingerprint density at radius 1 is 1.21 bits per heavy atom. The van der Waals surface area contributed by atoms with Crippen molar-refractivity contribution in [3.05, 3.63) is 35.4 Å². The lowest BCUT2D eigenvalue weighted by Crippen LogP contribution is -2.13. The molecule has 0 radical (unpaired) electrons. The Balaban J connectivity index is 2.67. The van der Waals surface area contributed by atoms with Crippen molar-refractivity contribution in [3.8, 4) is 0 Å². The van der Waals surface area contributed by atoms with Crippen LogP contribution in [0.3, 0.4) is 0 Å². The molecule has 0 bridgehead atoms. The van der Waals surface area contributed by atoms with Crippen LogP contribution < -0.4 is 0 Å². The van der Waals surface area contributed by atoms with Gasteiger partial charge in [0, 0.05) is 5.92 Å². The number of benzene rings is 1. The van der Waals surface area contributed by atoms with Crippen LogP contribution in [0, 0.1) is 18.8 Å². The molecule has 1 aromatic rings. The summed E-state index contributed by atoms with van der Waals surface area (Å²) in [5.41, 5.74) is 2.52. The predicted octanol–water partition coefficient (Wildman–Crippen LogP) is 3.01. The molecule has 0 aliphatic heterocycles. The van der Waals surface area contributed by atoms with Crippen LogP contribution in [0.2, 0.25) is 0 Å². The first-order chi connectivity index (χ1) is 6.63. The molecule has 0 fully saturated rings. The van der Waals surface area contributed by atoms with E-state index in [1.165, 1.54) is 11.1 Å². The largest absolute Gasteiger partial charge is 0.303 e. The number of hydrogen-bond acceptors (Lipinski definition) is 1. The highest BCUT2D eigenvalue weighted by atomic mass is 16.1. The molecule has 0 N–H and O–H groups in total. The van der Waals surface area contributed by atoms with Crippen molar-refractivity contribution >= 4 is 6.29 Å². The second kappa shape index (κ2) is 4.94. The van der Waals surface area contributed by atoms with Gasteiger partial charge < -0.3 is 4.79 Å². The molecule has 1 unspecified atom stereocenters. The Labute approximate surface area is 86.1 Å². The Morgan fingerprint density at radius 3 is 2.21 bits per heavy atom. The molecule has 0 saturated carbocycles. The molecule has 76 valence electrons. The van der Waals surface area contributed by atoms with Gasteiger partial charge in [-0.05, 0) is 24.8 Å². The van der Waals surface area contributed by atoms with Gasteiger partial charge in [0.15, 0.2) is 0 Å². The summed E-state index contributed by atoms with van der Waals surface area (Å²) in [4.78, 5) is 10.8. The van der Waals surface area contributed by atoms with Crippen LogP contribution in [0.1, 0.15) is 25.0 Å². The minimum Gasteiger partial charge on any atom is -0.303 e. The fourth-order valence-corrected chi connectivity index (χ4v) is 1.44. The van der Waals surface area contributed by atoms with Gasteiger partial charge >= 0.3 is 0 Å². The lowest BCUT2D eigenvalue weighted by Gasteiger charge is -2.13. The SMILES string of the molecule is Cc1ccc(CC(C=O)C(C)C)cc1. The number of carbonyl (C=O) groups is 1. The monoisotopic (exact) mass is 190 g/mol. The standard InChI is InChI=1S/C13H18O/c1-10(2)13(9-14)8-12-6-4-11(3)5-7-12/h4-7,9-10,13H,8H2,1-3H3. The summed E-state index contributed by atoms with van der Waals surface area (Å²) in [6.07, 6.45) is 1.94. The minimum absolute atomic E-state index is 0.151. The van der Waals surface area contributed by atoms with Crippen LogP contribution in [0.15, 0.2) is 24.3 Å². The topological polar surface area (TPSA) is 17.1 Å². The molecule has 1 rings (SSSR count). The van der Waals surface area contributed by atoms with Crippen LogP contribution in [-0.2, 0) is 11.2 Å². The maximum atomic E-state index is 10.8. The predicted molar refractivity (Wildman–Crippen MR) is 59.3 cm³/mol. The van der Waals surface area contributed by atoms with E-state index in [1.54, 1.807) is 0 Å². The Kier molecular flexibility index (Phi) is 3.87. The molecule has 1 heteroatoms. The molecule has 1 nitrogen and oxygen atoms in total. The summed E-state index contributed by atoms with van der Waals surface area (Å²) in [6.45, 7) is 6.25. The summed E-state index contributed by atoms with van der Waals surface area (Å²) >= 11 is 0. The summed E-state index contributed by atoms with van der Waals surface area (Å²) < 4.78 is 0. The fourth-order valence-electron chi connectivity index (χ4n) is 1.44. The van der Waals surface area contributed by atoms with Gasteiger partial charge in [0.05, 0.1) is 0 Å². The van der Waals surface area contributed by atoms with E-state index in [-0.39, 0.29) is 5.92 Å². The summed E-state index contributed by atoms with van der Waals surface area (Å²) in [6, 6.07) is 8.40. The molecule has 0 heterocycles. The zero-order valence-corrected chi connectivity index (χ0v) is 9.16. The van der Waals surface area contributed by atoms with Crippen LogP contribution in [0.5, 0.6) is 0 Å². The Morgan fingerprint density at radius 2 is 1.79 bits per heavy atom. The summed E-state index contributed by atoms with van der Waals surface area (Å²) in [5.74, 6) is 0.575. The van der Waals surface area contributed by atoms with Crippen molar-refractivity contribution in [2.45, 2.75) is 27.2 Å². The fraction of sp³-hybridized carbons (Fsp3) is 0.462. The number of hydrogen-bond donors (Lipinski definition) is 0. The molecule has 1 atom stereocenters. The van der Waals surface area contributed by atoms with E-state index in [0.717, 1.165) is 12.7 Å². The van der Waals surface area contributed by atoms with Gasteiger partial charge in [0.2, 0.25) is 0 Å². The first-order valence-electron chi connectivity index (χ1n) is 5.14. The van der Waals surface area contributed by atoms with E-state index in [1.807, 2.05) is 0 Å². The zero-order chi connectivity index (χ0) is 10.6. The number of aryl methyl sites for hydroxylation is 1. The third-order valence-electron chi connectivity index (χ3n) is 2.62. The maximum absolute atomic E-state index is 10.8. The highest BCUT2D eigenvalue weighted by Gasteiger charge is 2.12. The van der Waals surface area contributed by atoms with Crippen molar-refractivity contribution in [1.29, 1.82) is 0 Å². The lowest BCUT2D eigenvalue weighted by molar-refractivity contribution is -0.112. The van der Waals surface area contributed by atoms with E-state index < -0.39 is 0 Å². The molecule has 0 spiro atoms. The van der Waals surface area contributed by atoms with Crippen molar-refractivity contribution in [3.63, 3.8) is 0 Å². The quantitative estimate of drug-likeness (QED) is 0.667. The smallest absolute Gasteiger partial charge is 0.123 e. The molecule has 1 aromatic carbocycles. The zero-order valence-electron chi connectivity index (χ0n) is 9.16. The van der Waals surface area contributed by atoms with Crippen molar-refractivity contribution in [2.24, 2.45) is 11.8 Å². The van der Waals surface area contributed by atoms with Crippen LogP contribution in [-0.4, -0.2) is 6.29 Å². The van der Waals surface area contributed by atoms with E-state index in [0.29, 0.717) is 5.92 Å². The normalized spacial score (nSPS) is 12.9. The molecule has 0 aliphatic rings. The van der Waals surface area contributed by atoms with Crippen molar-refractivity contribution in [1.82, 2.24) is 0 Å². The number of rotatable bonds is 4. The number of aldehydes is 1. The molecule has 0 aromatic heterocycles. The van der Waals surface area contributed by atoms with Crippen LogP contribution >= 0.6 is 0 Å². The maximum Gasteiger partial charge on any atom is 0.123 e. The van der Waals surface area contributed by atoms with Gasteiger partial charge in [-0.15, -0.1) is 0 Å². The van der Waals surface area contributed by atoms with Gasteiger partial charge in [-0.25, -0.2) is 0 Å². The highest BCUT2D eigenvalue weighted by Crippen LogP contribution is 2.15.